The van der Waals surface area contributed by atoms with Crippen LogP contribution >= 0.6 is 0 Å². The Morgan fingerprint density at radius 2 is 1.73 bits per heavy atom. The number of amides is 2. The molecule has 0 radical (unpaired) electrons. The van der Waals surface area contributed by atoms with Gasteiger partial charge in [0.15, 0.2) is 0 Å². The van der Waals surface area contributed by atoms with Crippen LogP contribution in [0.2, 0.25) is 0 Å². The highest BCUT2D eigenvalue weighted by molar-refractivity contribution is 7.89. The van der Waals surface area contributed by atoms with Crippen LogP contribution in [0.4, 0.5) is 0 Å². The zero-order chi connectivity index (χ0) is 21.1. The van der Waals surface area contributed by atoms with Crippen LogP contribution in [0.25, 0.3) is 10.8 Å². The number of carbonyl (C=O) groups excluding carboxylic acids is 2. The summed E-state index contributed by atoms with van der Waals surface area (Å²) in [5.41, 5.74) is 0. The molecule has 30 heavy (non-hydrogen) atoms. The second-order valence-corrected chi connectivity index (χ2v) is 9.97. The summed E-state index contributed by atoms with van der Waals surface area (Å²) in [6.07, 6.45) is 3.36. The lowest BCUT2D eigenvalue weighted by Gasteiger charge is -2.31. The van der Waals surface area contributed by atoms with Crippen LogP contribution < -0.4 is 10.6 Å². The molecule has 160 valence electrons. The summed E-state index contributed by atoms with van der Waals surface area (Å²) in [6.45, 7) is 1.24. The first-order chi connectivity index (χ1) is 14.4. The van der Waals surface area contributed by atoms with Gasteiger partial charge in [0.05, 0.1) is 4.90 Å². The molecule has 4 rings (SSSR count). The third-order valence-corrected chi connectivity index (χ3v) is 7.93. The van der Waals surface area contributed by atoms with E-state index in [0.29, 0.717) is 38.9 Å². The van der Waals surface area contributed by atoms with E-state index in [9.17, 15) is 18.0 Å². The largest absolute Gasteiger partial charge is 0.354 e. The van der Waals surface area contributed by atoms with Crippen molar-refractivity contribution in [2.75, 3.05) is 19.6 Å². The summed E-state index contributed by atoms with van der Waals surface area (Å²) >= 11 is 0. The van der Waals surface area contributed by atoms with Gasteiger partial charge in [-0.25, -0.2) is 8.42 Å². The second-order valence-electron chi connectivity index (χ2n) is 8.04. The number of rotatable bonds is 4. The monoisotopic (exact) mass is 429 g/mol. The first kappa shape index (κ1) is 20.8. The van der Waals surface area contributed by atoms with Crippen molar-refractivity contribution in [3.05, 3.63) is 42.5 Å². The van der Waals surface area contributed by atoms with E-state index in [4.69, 9.17) is 0 Å². The van der Waals surface area contributed by atoms with Gasteiger partial charge in [0.1, 0.15) is 6.04 Å². The summed E-state index contributed by atoms with van der Waals surface area (Å²) in [4.78, 5) is 25.0. The maximum Gasteiger partial charge on any atom is 0.243 e. The van der Waals surface area contributed by atoms with E-state index >= 15 is 0 Å². The number of piperidine rings is 1. The standard InChI is InChI=1S/C22H27N3O4S/c26-21(24-20-7-3-4-12-23-22(20)27)17-10-13-25(14-11-17)30(28,29)19-9-8-16-5-1-2-6-18(16)15-19/h1-2,5-6,8-9,15,17,20H,3-4,7,10-14H2,(H,23,27)(H,24,26). The number of nitrogens with one attached hydrogen (secondary N) is 2. The van der Waals surface area contributed by atoms with Gasteiger partial charge in [-0.3, -0.25) is 9.59 Å². The zero-order valence-electron chi connectivity index (χ0n) is 16.8. The zero-order valence-corrected chi connectivity index (χ0v) is 17.7. The van der Waals surface area contributed by atoms with Gasteiger partial charge in [0.25, 0.3) is 0 Å². The van der Waals surface area contributed by atoms with Crippen molar-refractivity contribution in [1.82, 2.24) is 14.9 Å². The normalized spacial score (nSPS) is 21.7. The first-order valence-corrected chi connectivity index (χ1v) is 12.0. The summed E-state index contributed by atoms with van der Waals surface area (Å²) in [5, 5.41) is 7.56. The van der Waals surface area contributed by atoms with E-state index in [-0.39, 0.29) is 22.6 Å². The molecule has 8 heteroatoms. The number of carbonyl (C=O) groups is 2. The SMILES string of the molecule is O=C(NC1CCCCNC1=O)C1CCN(S(=O)(=O)c2ccc3ccccc3c2)CC1. The van der Waals surface area contributed by atoms with Crippen molar-refractivity contribution < 1.29 is 18.0 Å². The van der Waals surface area contributed by atoms with Crippen LogP contribution in [0.3, 0.4) is 0 Å². The van der Waals surface area contributed by atoms with Gasteiger partial charge in [-0.1, -0.05) is 30.3 Å². The smallest absolute Gasteiger partial charge is 0.243 e. The van der Waals surface area contributed by atoms with E-state index in [0.717, 1.165) is 23.6 Å². The molecule has 2 fully saturated rings. The minimum absolute atomic E-state index is 0.128. The minimum Gasteiger partial charge on any atom is -0.354 e. The van der Waals surface area contributed by atoms with Gasteiger partial charge >= 0.3 is 0 Å². The molecular formula is C22H27N3O4S. The molecule has 2 aliphatic heterocycles. The van der Waals surface area contributed by atoms with Crippen LogP contribution in [-0.4, -0.2) is 50.2 Å². The second kappa shape index (κ2) is 8.73. The molecule has 2 aromatic rings. The topological polar surface area (TPSA) is 95.6 Å². The van der Waals surface area contributed by atoms with Gasteiger partial charge < -0.3 is 10.6 Å². The van der Waals surface area contributed by atoms with Crippen LogP contribution in [0.15, 0.2) is 47.4 Å². The highest BCUT2D eigenvalue weighted by Gasteiger charge is 2.33. The Bertz CT molecular complexity index is 1050. The van der Waals surface area contributed by atoms with Crippen molar-refractivity contribution >= 4 is 32.6 Å². The van der Waals surface area contributed by atoms with Gasteiger partial charge in [0, 0.05) is 25.6 Å². The number of hydrogen-bond acceptors (Lipinski definition) is 4. The summed E-state index contributed by atoms with van der Waals surface area (Å²) in [5.74, 6) is -0.555. The lowest BCUT2D eigenvalue weighted by atomic mass is 9.96. The third kappa shape index (κ3) is 4.34. The number of nitrogens with zero attached hydrogens (tertiary/aromatic N) is 1. The summed E-state index contributed by atoms with van der Waals surface area (Å²) in [7, 11) is -3.61. The molecule has 0 saturated carbocycles. The van der Waals surface area contributed by atoms with Crippen molar-refractivity contribution in [2.24, 2.45) is 5.92 Å². The average molecular weight is 430 g/mol. The maximum absolute atomic E-state index is 13.1. The fraction of sp³-hybridized carbons (Fsp3) is 0.455. The van der Waals surface area contributed by atoms with Gasteiger partial charge in [-0.05, 0) is 55.0 Å². The molecule has 2 amide bonds. The Morgan fingerprint density at radius 3 is 2.50 bits per heavy atom. The Kier molecular flexibility index (Phi) is 6.06. The molecule has 2 saturated heterocycles. The summed E-state index contributed by atoms with van der Waals surface area (Å²) < 4.78 is 27.6. The fourth-order valence-corrected chi connectivity index (χ4v) is 5.71. The number of fused-ring (bicyclic) bond motifs is 1. The van der Waals surface area contributed by atoms with Crippen LogP contribution in [0.1, 0.15) is 32.1 Å². The van der Waals surface area contributed by atoms with Crippen molar-refractivity contribution in [2.45, 2.75) is 43.0 Å². The van der Waals surface area contributed by atoms with Crippen molar-refractivity contribution in [1.29, 1.82) is 0 Å². The van der Waals surface area contributed by atoms with E-state index in [1.807, 2.05) is 30.3 Å². The minimum atomic E-state index is -3.61. The molecule has 1 unspecified atom stereocenters. The van der Waals surface area contributed by atoms with E-state index in [2.05, 4.69) is 10.6 Å². The van der Waals surface area contributed by atoms with Crippen molar-refractivity contribution in [3.8, 4) is 0 Å². The number of hydrogen-bond donors (Lipinski definition) is 2. The van der Waals surface area contributed by atoms with E-state index in [1.54, 1.807) is 12.1 Å². The Hall–Kier alpha value is -2.45. The van der Waals surface area contributed by atoms with E-state index in [1.165, 1.54) is 4.31 Å². The molecular weight excluding hydrogens is 402 g/mol. The Balaban J connectivity index is 1.39. The number of sulfonamides is 1. The molecule has 7 nitrogen and oxygen atoms in total. The molecule has 0 bridgehead atoms. The fourth-order valence-electron chi connectivity index (χ4n) is 4.20. The predicted molar refractivity (Wildman–Crippen MR) is 114 cm³/mol. The van der Waals surface area contributed by atoms with Crippen LogP contribution in [0, 0.1) is 5.92 Å². The molecule has 2 N–H and O–H groups in total. The lowest BCUT2D eigenvalue weighted by molar-refractivity contribution is -0.131. The molecule has 2 aromatic carbocycles. The molecule has 1 atom stereocenters. The number of benzene rings is 2. The Morgan fingerprint density at radius 1 is 1.00 bits per heavy atom. The maximum atomic E-state index is 13.1. The Labute approximate surface area is 176 Å². The molecule has 2 aliphatic rings. The van der Waals surface area contributed by atoms with E-state index < -0.39 is 16.1 Å². The lowest BCUT2D eigenvalue weighted by Crippen LogP contribution is -2.49. The molecule has 2 heterocycles. The average Bonchev–Trinajstić information content (AvgIpc) is 2.97. The van der Waals surface area contributed by atoms with Gasteiger partial charge in [-0.15, -0.1) is 0 Å². The van der Waals surface area contributed by atoms with Gasteiger partial charge in [0.2, 0.25) is 21.8 Å². The van der Waals surface area contributed by atoms with Crippen molar-refractivity contribution in [3.63, 3.8) is 0 Å². The highest BCUT2D eigenvalue weighted by atomic mass is 32.2. The molecule has 0 aliphatic carbocycles. The predicted octanol–water partition coefficient (Wildman–Crippen LogP) is 2.03. The third-order valence-electron chi connectivity index (χ3n) is 6.04. The van der Waals surface area contributed by atoms with Crippen LogP contribution in [0.5, 0.6) is 0 Å². The highest BCUT2D eigenvalue weighted by Crippen LogP contribution is 2.26. The van der Waals surface area contributed by atoms with Crippen LogP contribution in [-0.2, 0) is 19.6 Å². The molecule has 0 spiro atoms. The first-order valence-electron chi connectivity index (χ1n) is 10.5. The molecule has 0 aromatic heterocycles. The van der Waals surface area contributed by atoms with Gasteiger partial charge in [-0.2, -0.15) is 4.31 Å². The summed E-state index contributed by atoms with van der Waals surface area (Å²) in [6, 6.07) is 12.3. The quantitative estimate of drug-likeness (QED) is 0.777.